The van der Waals surface area contributed by atoms with Gasteiger partial charge in [0.2, 0.25) is 0 Å². The van der Waals surface area contributed by atoms with Crippen LogP contribution >= 0.6 is 11.6 Å². The van der Waals surface area contributed by atoms with Gasteiger partial charge >= 0.3 is 0 Å². The second kappa shape index (κ2) is 8.29. The Hall–Kier alpha value is -1.88. The molecule has 1 aliphatic rings. The first-order valence-electron chi connectivity index (χ1n) is 7.95. The van der Waals surface area contributed by atoms with Gasteiger partial charge < -0.3 is 14.2 Å². The molecule has 0 aromatic heterocycles. The molecule has 1 aliphatic heterocycles. The number of hydrogen-bond donors (Lipinski definition) is 0. The Morgan fingerprint density at radius 2 is 1.88 bits per heavy atom. The van der Waals surface area contributed by atoms with E-state index in [9.17, 15) is 4.79 Å². The van der Waals surface area contributed by atoms with Crippen molar-refractivity contribution in [3.8, 4) is 5.75 Å². The first-order valence-corrected chi connectivity index (χ1v) is 8.33. The molecule has 1 fully saturated rings. The minimum atomic E-state index is -0.290. The summed E-state index contributed by atoms with van der Waals surface area (Å²) in [7, 11) is 0. The Balaban J connectivity index is 1.66. The van der Waals surface area contributed by atoms with Crippen LogP contribution in [-0.2, 0) is 16.1 Å². The van der Waals surface area contributed by atoms with Crippen molar-refractivity contribution in [1.82, 2.24) is 0 Å². The summed E-state index contributed by atoms with van der Waals surface area (Å²) in [6.07, 6.45) is 0.567. The van der Waals surface area contributed by atoms with Crippen molar-refractivity contribution >= 4 is 17.4 Å². The van der Waals surface area contributed by atoms with Gasteiger partial charge in [-0.2, -0.15) is 0 Å². The van der Waals surface area contributed by atoms with Crippen LogP contribution in [0.5, 0.6) is 5.75 Å². The lowest BCUT2D eigenvalue weighted by Crippen LogP contribution is -2.11. The predicted octanol–water partition coefficient (Wildman–Crippen LogP) is 4.25. The van der Waals surface area contributed by atoms with E-state index in [-0.39, 0.29) is 12.1 Å². The molecule has 2 aromatic carbocycles. The average molecular weight is 347 g/mol. The number of ketones is 1. The van der Waals surface area contributed by atoms with Crippen LogP contribution in [0, 0.1) is 0 Å². The first-order chi connectivity index (χ1) is 11.7. The zero-order valence-corrected chi connectivity index (χ0v) is 14.0. The van der Waals surface area contributed by atoms with Crippen LogP contribution in [-0.4, -0.2) is 25.3 Å². The number of rotatable bonds is 7. The van der Waals surface area contributed by atoms with E-state index in [0.717, 1.165) is 5.56 Å². The van der Waals surface area contributed by atoms with Gasteiger partial charge in [-0.15, -0.1) is 0 Å². The van der Waals surface area contributed by atoms with Crippen LogP contribution in [0.25, 0.3) is 0 Å². The number of halogens is 1. The number of ether oxygens (including phenoxy) is 3. The van der Waals surface area contributed by atoms with Crippen molar-refractivity contribution in [3.05, 3.63) is 64.7 Å². The van der Waals surface area contributed by atoms with Crippen LogP contribution in [0.2, 0.25) is 5.02 Å². The van der Waals surface area contributed by atoms with Crippen molar-refractivity contribution < 1.29 is 19.0 Å². The van der Waals surface area contributed by atoms with E-state index < -0.39 is 0 Å². The maximum absolute atomic E-state index is 12.5. The lowest BCUT2D eigenvalue weighted by atomic mass is 10.1. The number of benzene rings is 2. The minimum absolute atomic E-state index is 0.0281. The van der Waals surface area contributed by atoms with E-state index in [4.69, 9.17) is 25.8 Å². The fraction of sp³-hybridized carbons (Fsp3) is 0.316. The summed E-state index contributed by atoms with van der Waals surface area (Å²) < 4.78 is 16.6. The monoisotopic (exact) mass is 346 g/mol. The largest absolute Gasteiger partial charge is 0.488 e. The smallest absolute Gasteiger partial charge is 0.166 e. The molecule has 0 spiro atoms. The van der Waals surface area contributed by atoms with E-state index in [1.807, 2.05) is 30.3 Å². The summed E-state index contributed by atoms with van der Waals surface area (Å²) in [5.74, 6) is 0.515. The SMILES string of the molecule is O=C(CCC1OCCO1)c1cc(Cl)ccc1OCc1ccccc1. The first kappa shape index (κ1) is 17.0. The Morgan fingerprint density at radius 1 is 1.12 bits per heavy atom. The highest BCUT2D eigenvalue weighted by molar-refractivity contribution is 6.31. The highest BCUT2D eigenvalue weighted by atomic mass is 35.5. The topological polar surface area (TPSA) is 44.8 Å². The van der Waals surface area contributed by atoms with Gasteiger partial charge in [-0.1, -0.05) is 41.9 Å². The van der Waals surface area contributed by atoms with Crippen LogP contribution in [0.4, 0.5) is 0 Å². The molecule has 0 saturated carbocycles. The van der Waals surface area contributed by atoms with Crippen LogP contribution in [0.15, 0.2) is 48.5 Å². The van der Waals surface area contributed by atoms with E-state index in [0.29, 0.717) is 49.0 Å². The summed E-state index contributed by atoms with van der Waals surface area (Å²) in [5, 5.41) is 0.513. The fourth-order valence-electron chi connectivity index (χ4n) is 2.54. The molecule has 0 bridgehead atoms. The third-order valence-corrected chi connectivity index (χ3v) is 4.01. The molecular formula is C19H19ClO4. The molecular weight excluding hydrogens is 328 g/mol. The lowest BCUT2D eigenvalue weighted by molar-refractivity contribution is -0.0464. The van der Waals surface area contributed by atoms with Crippen LogP contribution in [0.1, 0.15) is 28.8 Å². The molecule has 0 atom stereocenters. The summed E-state index contributed by atoms with van der Waals surface area (Å²) in [6, 6.07) is 14.9. The van der Waals surface area contributed by atoms with Gasteiger partial charge in [0.15, 0.2) is 12.1 Å². The third-order valence-electron chi connectivity index (χ3n) is 3.78. The number of carbonyl (C=O) groups excluding carboxylic acids is 1. The molecule has 4 nitrogen and oxygen atoms in total. The average Bonchev–Trinajstić information content (AvgIpc) is 3.13. The molecule has 0 unspecified atom stereocenters. The molecule has 24 heavy (non-hydrogen) atoms. The van der Waals surface area contributed by atoms with Crippen molar-refractivity contribution in [2.45, 2.75) is 25.7 Å². The Bertz CT molecular complexity index is 681. The summed E-state index contributed by atoms with van der Waals surface area (Å²) in [4.78, 5) is 12.5. The van der Waals surface area contributed by atoms with Gasteiger partial charge in [0.1, 0.15) is 12.4 Å². The second-order valence-corrected chi connectivity index (χ2v) is 5.98. The third kappa shape index (κ3) is 4.57. The molecule has 0 amide bonds. The minimum Gasteiger partial charge on any atom is -0.488 e. The predicted molar refractivity (Wildman–Crippen MR) is 91.5 cm³/mol. The molecule has 3 rings (SSSR count). The van der Waals surface area contributed by atoms with Crippen molar-refractivity contribution in [1.29, 1.82) is 0 Å². The normalized spacial score (nSPS) is 14.7. The van der Waals surface area contributed by atoms with E-state index in [1.165, 1.54) is 0 Å². The van der Waals surface area contributed by atoms with Crippen LogP contribution < -0.4 is 4.74 Å². The molecule has 0 aliphatic carbocycles. The fourth-order valence-corrected chi connectivity index (χ4v) is 2.71. The lowest BCUT2D eigenvalue weighted by Gasteiger charge is -2.13. The van der Waals surface area contributed by atoms with Crippen molar-refractivity contribution in [2.75, 3.05) is 13.2 Å². The Kier molecular flexibility index (Phi) is 5.86. The molecule has 2 aromatic rings. The van der Waals surface area contributed by atoms with Gasteiger partial charge in [-0.05, 0) is 23.8 Å². The zero-order valence-electron chi connectivity index (χ0n) is 13.2. The van der Waals surface area contributed by atoms with Gasteiger partial charge in [0.05, 0.1) is 18.8 Å². The molecule has 0 radical (unpaired) electrons. The molecule has 5 heteroatoms. The van der Waals surface area contributed by atoms with E-state index in [1.54, 1.807) is 18.2 Å². The van der Waals surface area contributed by atoms with E-state index >= 15 is 0 Å². The van der Waals surface area contributed by atoms with Crippen molar-refractivity contribution in [3.63, 3.8) is 0 Å². The van der Waals surface area contributed by atoms with E-state index in [2.05, 4.69) is 0 Å². The standard InChI is InChI=1S/C19H19ClO4/c20-15-6-8-18(24-13-14-4-2-1-3-5-14)16(12-15)17(21)7-9-19-22-10-11-23-19/h1-6,8,12,19H,7,9-11,13H2. The Labute approximate surface area is 146 Å². The van der Waals surface area contributed by atoms with Gasteiger partial charge in [0, 0.05) is 17.9 Å². The van der Waals surface area contributed by atoms with Crippen LogP contribution in [0.3, 0.4) is 0 Å². The highest BCUT2D eigenvalue weighted by Crippen LogP contribution is 2.26. The van der Waals surface area contributed by atoms with Crippen molar-refractivity contribution in [2.24, 2.45) is 0 Å². The maximum Gasteiger partial charge on any atom is 0.166 e. The zero-order chi connectivity index (χ0) is 16.8. The molecule has 0 N–H and O–H groups in total. The molecule has 1 saturated heterocycles. The quantitative estimate of drug-likeness (QED) is 0.703. The van der Waals surface area contributed by atoms with Gasteiger partial charge in [-0.25, -0.2) is 0 Å². The maximum atomic E-state index is 12.5. The Morgan fingerprint density at radius 3 is 2.62 bits per heavy atom. The summed E-state index contributed by atoms with van der Waals surface area (Å²) in [6.45, 7) is 1.57. The molecule has 1 heterocycles. The summed E-state index contributed by atoms with van der Waals surface area (Å²) >= 11 is 6.05. The number of hydrogen-bond acceptors (Lipinski definition) is 4. The van der Waals surface area contributed by atoms with Gasteiger partial charge in [-0.3, -0.25) is 4.79 Å². The summed E-state index contributed by atoms with van der Waals surface area (Å²) in [5.41, 5.74) is 1.54. The molecule has 126 valence electrons. The number of carbonyl (C=O) groups is 1. The highest BCUT2D eigenvalue weighted by Gasteiger charge is 2.20. The van der Waals surface area contributed by atoms with Gasteiger partial charge in [0.25, 0.3) is 0 Å². The second-order valence-electron chi connectivity index (χ2n) is 5.55. The number of Topliss-reactive ketones (excluding diaryl/α,β-unsaturated/α-hetero) is 1.